The molecule has 14 heavy (non-hydrogen) atoms. The highest BCUT2D eigenvalue weighted by molar-refractivity contribution is 6.42. The Morgan fingerprint density at radius 1 is 1.14 bits per heavy atom. The smallest absolute Gasteiger partial charge is 0.120 e. The van der Waals surface area contributed by atoms with Crippen LogP contribution in [0.25, 0.3) is 0 Å². The lowest BCUT2D eigenvalue weighted by atomic mass is 10.3. The molecule has 0 aliphatic carbocycles. The summed E-state index contributed by atoms with van der Waals surface area (Å²) in [6.07, 6.45) is 0.733. The normalized spacial score (nSPS) is 10.2. The first-order valence-corrected chi connectivity index (χ1v) is 4.89. The zero-order chi connectivity index (χ0) is 10.4. The number of benzene rings is 1. The van der Waals surface area contributed by atoms with Gasteiger partial charge in [-0.1, -0.05) is 23.2 Å². The Balaban J connectivity index is 2.39. The van der Waals surface area contributed by atoms with Gasteiger partial charge in [0.15, 0.2) is 0 Å². The maximum atomic E-state index is 5.80. The molecule has 2 N–H and O–H groups in total. The van der Waals surface area contributed by atoms with Gasteiger partial charge in [0.1, 0.15) is 5.75 Å². The van der Waals surface area contributed by atoms with E-state index in [0.717, 1.165) is 6.42 Å². The van der Waals surface area contributed by atoms with Crippen molar-refractivity contribution in [3.8, 4) is 5.75 Å². The molecule has 0 heterocycles. The largest absolute Gasteiger partial charge is 0.493 e. The van der Waals surface area contributed by atoms with Gasteiger partial charge in [-0.2, -0.15) is 0 Å². The van der Waals surface area contributed by atoms with Gasteiger partial charge in [-0.25, -0.2) is 5.90 Å². The molecule has 1 aromatic carbocycles. The van der Waals surface area contributed by atoms with Crippen LogP contribution in [0.2, 0.25) is 10.0 Å². The van der Waals surface area contributed by atoms with Crippen LogP contribution in [0.5, 0.6) is 5.75 Å². The van der Waals surface area contributed by atoms with E-state index in [4.69, 9.17) is 33.8 Å². The fourth-order valence-corrected chi connectivity index (χ4v) is 1.19. The summed E-state index contributed by atoms with van der Waals surface area (Å²) in [5, 5.41) is 1.00. The SMILES string of the molecule is NOCCCOc1ccc(Cl)c(Cl)c1. The van der Waals surface area contributed by atoms with E-state index in [-0.39, 0.29) is 0 Å². The topological polar surface area (TPSA) is 44.5 Å². The van der Waals surface area contributed by atoms with Crippen molar-refractivity contribution in [1.29, 1.82) is 0 Å². The van der Waals surface area contributed by atoms with E-state index in [0.29, 0.717) is 29.0 Å². The maximum Gasteiger partial charge on any atom is 0.120 e. The second-order valence-electron chi connectivity index (χ2n) is 2.65. The van der Waals surface area contributed by atoms with Crippen LogP contribution in [0.3, 0.4) is 0 Å². The third kappa shape index (κ3) is 3.72. The van der Waals surface area contributed by atoms with Crippen LogP contribution in [0, 0.1) is 0 Å². The average molecular weight is 236 g/mol. The molecule has 1 rings (SSSR count). The molecule has 3 nitrogen and oxygen atoms in total. The molecule has 78 valence electrons. The molecular formula is C9H11Cl2NO2. The fraction of sp³-hybridized carbons (Fsp3) is 0.333. The number of rotatable bonds is 5. The molecule has 0 spiro atoms. The Hall–Kier alpha value is -0.480. The molecular weight excluding hydrogens is 225 g/mol. The maximum absolute atomic E-state index is 5.80. The van der Waals surface area contributed by atoms with Gasteiger partial charge >= 0.3 is 0 Å². The molecule has 0 atom stereocenters. The van der Waals surface area contributed by atoms with Crippen LogP contribution in [-0.2, 0) is 4.84 Å². The highest BCUT2D eigenvalue weighted by Crippen LogP contribution is 2.26. The minimum Gasteiger partial charge on any atom is -0.493 e. The molecule has 0 saturated heterocycles. The summed E-state index contributed by atoms with van der Waals surface area (Å²) in [6.45, 7) is 1.01. The van der Waals surface area contributed by atoms with E-state index in [9.17, 15) is 0 Å². The van der Waals surface area contributed by atoms with Crippen LogP contribution >= 0.6 is 23.2 Å². The Bertz CT molecular complexity index is 294. The summed E-state index contributed by atoms with van der Waals surface area (Å²) in [4.78, 5) is 4.40. The highest BCUT2D eigenvalue weighted by atomic mass is 35.5. The van der Waals surface area contributed by atoms with E-state index in [1.165, 1.54) is 0 Å². The van der Waals surface area contributed by atoms with Crippen molar-refractivity contribution in [1.82, 2.24) is 0 Å². The number of ether oxygens (including phenoxy) is 1. The molecule has 0 saturated carbocycles. The summed E-state index contributed by atoms with van der Waals surface area (Å²) < 4.78 is 5.37. The Morgan fingerprint density at radius 3 is 2.57 bits per heavy atom. The quantitative estimate of drug-likeness (QED) is 0.631. The zero-order valence-electron chi connectivity index (χ0n) is 7.50. The van der Waals surface area contributed by atoms with E-state index < -0.39 is 0 Å². The molecule has 0 aliphatic heterocycles. The standard InChI is InChI=1S/C9H11Cl2NO2/c10-8-3-2-7(6-9(8)11)13-4-1-5-14-12/h2-3,6H,1,4-5,12H2. The second-order valence-corrected chi connectivity index (χ2v) is 3.46. The van der Waals surface area contributed by atoms with Gasteiger partial charge in [-0.3, -0.25) is 0 Å². The van der Waals surface area contributed by atoms with E-state index in [1.807, 2.05) is 0 Å². The van der Waals surface area contributed by atoms with Gasteiger partial charge in [-0.05, 0) is 12.1 Å². The molecule has 0 bridgehead atoms. The number of hydrogen-bond acceptors (Lipinski definition) is 3. The number of hydrogen-bond donors (Lipinski definition) is 1. The van der Waals surface area contributed by atoms with Crippen LogP contribution in [0.15, 0.2) is 18.2 Å². The van der Waals surface area contributed by atoms with Crippen LogP contribution in [-0.4, -0.2) is 13.2 Å². The van der Waals surface area contributed by atoms with Crippen LogP contribution < -0.4 is 10.6 Å². The monoisotopic (exact) mass is 235 g/mol. The molecule has 5 heteroatoms. The molecule has 0 aliphatic rings. The second kappa shape index (κ2) is 6.09. The van der Waals surface area contributed by atoms with Crippen LogP contribution in [0.1, 0.15) is 6.42 Å². The van der Waals surface area contributed by atoms with Gasteiger partial charge in [0.2, 0.25) is 0 Å². The minimum atomic E-state index is 0.474. The van der Waals surface area contributed by atoms with Gasteiger partial charge < -0.3 is 9.57 Å². The summed E-state index contributed by atoms with van der Waals surface area (Å²) in [5.74, 6) is 5.55. The predicted octanol–water partition coefficient (Wildman–Crippen LogP) is 2.65. The van der Waals surface area contributed by atoms with Crippen LogP contribution in [0.4, 0.5) is 0 Å². The van der Waals surface area contributed by atoms with E-state index >= 15 is 0 Å². The average Bonchev–Trinajstić information content (AvgIpc) is 2.18. The minimum absolute atomic E-state index is 0.474. The van der Waals surface area contributed by atoms with E-state index in [2.05, 4.69) is 4.84 Å². The third-order valence-corrected chi connectivity index (χ3v) is 2.31. The van der Waals surface area contributed by atoms with Crippen molar-refractivity contribution < 1.29 is 9.57 Å². The first kappa shape index (κ1) is 11.6. The van der Waals surface area contributed by atoms with Gasteiger partial charge in [-0.15, -0.1) is 0 Å². The summed E-state index contributed by atoms with van der Waals surface area (Å²) in [7, 11) is 0. The first-order valence-electron chi connectivity index (χ1n) is 4.13. The molecule has 0 amide bonds. The molecule has 1 aromatic rings. The van der Waals surface area contributed by atoms with Crippen molar-refractivity contribution in [2.45, 2.75) is 6.42 Å². The van der Waals surface area contributed by atoms with E-state index in [1.54, 1.807) is 18.2 Å². The molecule has 0 radical (unpaired) electrons. The molecule has 0 aromatic heterocycles. The van der Waals surface area contributed by atoms with Crippen molar-refractivity contribution >= 4 is 23.2 Å². The third-order valence-electron chi connectivity index (χ3n) is 1.57. The van der Waals surface area contributed by atoms with Crippen molar-refractivity contribution in [2.75, 3.05) is 13.2 Å². The molecule has 0 unspecified atom stereocenters. The molecule has 0 fully saturated rings. The zero-order valence-corrected chi connectivity index (χ0v) is 9.02. The summed E-state index contributed by atoms with van der Waals surface area (Å²) >= 11 is 11.5. The van der Waals surface area contributed by atoms with Crippen molar-refractivity contribution in [3.05, 3.63) is 28.2 Å². The summed E-state index contributed by atoms with van der Waals surface area (Å²) in [6, 6.07) is 5.13. The Kier molecular flexibility index (Phi) is 5.04. The predicted molar refractivity (Wildman–Crippen MR) is 56.7 cm³/mol. The Labute approximate surface area is 92.7 Å². The van der Waals surface area contributed by atoms with Gasteiger partial charge in [0.25, 0.3) is 0 Å². The van der Waals surface area contributed by atoms with Crippen molar-refractivity contribution in [2.24, 2.45) is 5.90 Å². The summed E-state index contributed by atoms with van der Waals surface area (Å²) in [5.41, 5.74) is 0. The first-order chi connectivity index (χ1) is 6.74. The number of halogens is 2. The lowest BCUT2D eigenvalue weighted by Gasteiger charge is -2.06. The Morgan fingerprint density at radius 2 is 1.93 bits per heavy atom. The lowest BCUT2D eigenvalue weighted by molar-refractivity contribution is 0.122. The van der Waals surface area contributed by atoms with Crippen molar-refractivity contribution in [3.63, 3.8) is 0 Å². The lowest BCUT2D eigenvalue weighted by Crippen LogP contribution is -2.06. The fourth-order valence-electron chi connectivity index (χ4n) is 0.899. The van der Waals surface area contributed by atoms with Gasteiger partial charge in [0, 0.05) is 12.5 Å². The number of nitrogens with two attached hydrogens (primary N) is 1. The van der Waals surface area contributed by atoms with Gasteiger partial charge in [0.05, 0.1) is 23.3 Å². The highest BCUT2D eigenvalue weighted by Gasteiger charge is 1.99.